The number of carbonyl (C=O) groups is 2. The van der Waals surface area contributed by atoms with Crippen molar-refractivity contribution in [2.24, 2.45) is 0 Å². The Balaban J connectivity index is 1.64. The Bertz CT molecular complexity index is 1330. The largest absolute Gasteiger partial charge is 0.326 e. The highest BCUT2D eigenvalue weighted by Gasteiger charge is 2.12. The average Bonchev–Trinajstić information content (AvgIpc) is 3.10. The number of carbonyl (C=O) groups excluding carboxylic acids is 2. The Labute approximate surface area is 186 Å². The van der Waals surface area contributed by atoms with Gasteiger partial charge in [0, 0.05) is 36.1 Å². The van der Waals surface area contributed by atoms with Gasteiger partial charge in [0.05, 0.1) is 11.4 Å². The van der Waals surface area contributed by atoms with Gasteiger partial charge in [0.1, 0.15) is 5.65 Å². The van der Waals surface area contributed by atoms with Crippen molar-refractivity contribution in [1.82, 2.24) is 9.38 Å². The van der Waals surface area contributed by atoms with Crippen LogP contribution in [0.2, 0.25) is 0 Å². The number of rotatable bonds is 5. The molecule has 160 valence electrons. The number of hydrogen-bond donors (Lipinski definition) is 2. The van der Waals surface area contributed by atoms with Gasteiger partial charge >= 0.3 is 0 Å². The first kappa shape index (κ1) is 21.1. The fourth-order valence-electron chi connectivity index (χ4n) is 3.47. The number of pyridine rings is 1. The third-order valence-corrected chi connectivity index (χ3v) is 4.99. The van der Waals surface area contributed by atoms with E-state index < -0.39 is 0 Å². The van der Waals surface area contributed by atoms with Crippen molar-refractivity contribution in [2.45, 2.75) is 20.8 Å². The van der Waals surface area contributed by atoms with Crippen LogP contribution in [0, 0.1) is 13.8 Å². The second-order valence-corrected chi connectivity index (χ2v) is 7.73. The van der Waals surface area contributed by atoms with Crippen LogP contribution in [0.3, 0.4) is 0 Å². The monoisotopic (exact) mass is 424 g/mol. The maximum absolute atomic E-state index is 12.6. The highest BCUT2D eigenvalue weighted by Crippen LogP contribution is 2.26. The molecule has 0 bridgehead atoms. The highest BCUT2D eigenvalue weighted by atomic mass is 16.2. The standard InChI is InChI=1S/C26H24N4O2/c1-17-7-9-20(10-8-17)26-23(30-14-13-18(2)15-24(30)29-26)11-12-25(32)28-22-6-4-5-21(16-22)27-19(3)31/h4-16H,1-3H3,(H,27,31)(H,28,32)/b12-11+. The van der Waals surface area contributed by atoms with Crippen molar-refractivity contribution in [3.63, 3.8) is 0 Å². The molecule has 2 aromatic heterocycles. The van der Waals surface area contributed by atoms with Crippen molar-refractivity contribution in [2.75, 3.05) is 10.6 Å². The minimum absolute atomic E-state index is 0.167. The fraction of sp³-hybridized carbons (Fsp3) is 0.115. The molecule has 0 aliphatic heterocycles. The average molecular weight is 425 g/mol. The van der Waals surface area contributed by atoms with Gasteiger partial charge in [0.2, 0.25) is 11.8 Å². The molecule has 6 heteroatoms. The van der Waals surface area contributed by atoms with Crippen molar-refractivity contribution in [3.8, 4) is 11.3 Å². The van der Waals surface area contributed by atoms with E-state index in [1.807, 2.05) is 60.8 Å². The van der Waals surface area contributed by atoms with Crippen molar-refractivity contribution in [1.29, 1.82) is 0 Å². The molecular formula is C26H24N4O2. The summed E-state index contributed by atoms with van der Waals surface area (Å²) in [4.78, 5) is 28.7. The van der Waals surface area contributed by atoms with Crippen LogP contribution in [0.4, 0.5) is 11.4 Å². The summed E-state index contributed by atoms with van der Waals surface area (Å²) in [6.07, 6.45) is 5.23. The molecule has 0 atom stereocenters. The molecule has 4 rings (SSSR count). The molecule has 0 spiro atoms. The number of nitrogens with one attached hydrogen (secondary N) is 2. The summed E-state index contributed by atoms with van der Waals surface area (Å²) in [7, 11) is 0. The molecule has 0 aliphatic carbocycles. The summed E-state index contributed by atoms with van der Waals surface area (Å²) in [6.45, 7) is 5.51. The normalized spacial score (nSPS) is 11.1. The molecule has 2 aromatic carbocycles. The summed E-state index contributed by atoms with van der Waals surface area (Å²) in [5.74, 6) is -0.443. The van der Waals surface area contributed by atoms with Gasteiger partial charge in [-0.25, -0.2) is 4.98 Å². The fourth-order valence-corrected chi connectivity index (χ4v) is 3.47. The van der Waals surface area contributed by atoms with Gasteiger partial charge in [0.25, 0.3) is 0 Å². The molecular weight excluding hydrogens is 400 g/mol. The lowest BCUT2D eigenvalue weighted by molar-refractivity contribution is -0.114. The van der Waals surface area contributed by atoms with E-state index in [0.717, 1.165) is 28.2 Å². The van der Waals surface area contributed by atoms with Crippen LogP contribution >= 0.6 is 0 Å². The summed E-state index contributed by atoms with van der Waals surface area (Å²) < 4.78 is 1.98. The van der Waals surface area contributed by atoms with E-state index in [1.54, 1.807) is 30.3 Å². The number of amides is 2. The maximum atomic E-state index is 12.6. The molecule has 0 radical (unpaired) electrons. The Kier molecular flexibility index (Phi) is 5.85. The van der Waals surface area contributed by atoms with Gasteiger partial charge in [-0.1, -0.05) is 35.9 Å². The molecule has 32 heavy (non-hydrogen) atoms. The van der Waals surface area contributed by atoms with Crippen LogP contribution in [-0.4, -0.2) is 21.2 Å². The van der Waals surface area contributed by atoms with Crippen molar-refractivity contribution < 1.29 is 9.59 Å². The van der Waals surface area contributed by atoms with Crippen molar-refractivity contribution in [3.05, 3.63) is 89.8 Å². The van der Waals surface area contributed by atoms with Gasteiger partial charge in [0.15, 0.2) is 0 Å². The molecule has 6 nitrogen and oxygen atoms in total. The maximum Gasteiger partial charge on any atom is 0.248 e. The van der Waals surface area contributed by atoms with Crippen molar-refractivity contribution >= 4 is 34.9 Å². The van der Waals surface area contributed by atoms with Gasteiger partial charge < -0.3 is 10.6 Å². The molecule has 0 unspecified atom stereocenters. The predicted molar refractivity (Wildman–Crippen MR) is 129 cm³/mol. The topological polar surface area (TPSA) is 75.5 Å². The minimum Gasteiger partial charge on any atom is -0.326 e. The van der Waals surface area contributed by atoms with E-state index in [4.69, 9.17) is 4.98 Å². The summed E-state index contributed by atoms with van der Waals surface area (Å²) in [6, 6.07) is 19.2. The third-order valence-electron chi connectivity index (χ3n) is 4.99. The molecule has 2 heterocycles. The number of nitrogens with zero attached hydrogens (tertiary/aromatic N) is 2. The van der Waals surface area contributed by atoms with Crippen LogP contribution < -0.4 is 10.6 Å². The van der Waals surface area contributed by atoms with Crippen LogP contribution in [0.25, 0.3) is 23.0 Å². The Hall–Kier alpha value is -4.19. The molecule has 2 N–H and O–H groups in total. The van der Waals surface area contributed by atoms with Gasteiger partial charge in [-0.2, -0.15) is 0 Å². The van der Waals surface area contributed by atoms with Crippen LogP contribution in [0.15, 0.2) is 72.9 Å². The first-order valence-corrected chi connectivity index (χ1v) is 10.3. The highest BCUT2D eigenvalue weighted by molar-refractivity contribution is 6.03. The van der Waals surface area contributed by atoms with E-state index >= 15 is 0 Å². The van der Waals surface area contributed by atoms with E-state index in [2.05, 4.69) is 10.6 Å². The zero-order valence-corrected chi connectivity index (χ0v) is 18.2. The number of fused-ring (bicyclic) bond motifs is 1. The SMILES string of the molecule is CC(=O)Nc1cccc(NC(=O)/C=C/c2c(-c3ccc(C)cc3)nc3cc(C)ccn23)c1. The summed E-state index contributed by atoms with van der Waals surface area (Å²) in [5, 5.41) is 5.54. The van der Waals surface area contributed by atoms with Crippen LogP contribution in [0.5, 0.6) is 0 Å². The smallest absolute Gasteiger partial charge is 0.248 e. The Morgan fingerprint density at radius 1 is 0.906 bits per heavy atom. The quantitative estimate of drug-likeness (QED) is 0.431. The number of benzene rings is 2. The Morgan fingerprint density at radius 3 is 2.34 bits per heavy atom. The first-order valence-electron chi connectivity index (χ1n) is 10.3. The minimum atomic E-state index is -0.276. The number of hydrogen-bond acceptors (Lipinski definition) is 3. The molecule has 2 amide bonds. The number of aryl methyl sites for hydroxylation is 2. The lowest BCUT2D eigenvalue weighted by atomic mass is 10.1. The van der Waals surface area contributed by atoms with E-state index in [9.17, 15) is 9.59 Å². The number of aromatic nitrogens is 2. The van der Waals surface area contributed by atoms with Crippen LogP contribution in [-0.2, 0) is 9.59 Å². The van der Waals surface area contributed by atoms with Gasteiger partial charge in [-0.15, -0.1) is 0 Å². The summed E-state index contributed by atoms with van der Waals surface area (Å²) >= 11 is 0. The number of imidazole rings is 1. The lowest BCUT2D eigenvalue weighted by Gasteiger charge is -2.06. The van der Waals surface area contributed by atoms with Gasteiger partial charge in [-0.3, -0.25) is 14.0 Å². The third kappa shape index (κ3) is 4.75. The molecule has 0 saturated heterocycles. The zero-order chi connectivity index (χ0) is 22.7. The lowest BCUT2D eigenvalue weighted by Crippen LogP contribution is -2.09. The first-order chi connectivity index (χ1) is 15.4. The van der Waals surface area contributed by atoms with E-state index in [0.29, 0.717) is 11.4 Å². The molecule has 0 fully saturated rings. The molecule has 0 saturated carbocycles. The number of anilines is 2. The molecule has 0 aliphatic rings. The van der Waals surface area contributed by atoms with Gasteiger partial charge in [-0.05, 0) is 55.8 Å². The van der Waals surface area contributed by atoms with Crippen LogP contribution in [0.1, 0.15) is 23.7 Å². The second-order valence-electron chi connectivity index (χ2n) is 7.73. The predicted octanol–water partition coefficient (Wildman–Crippen LogP) is 5.23. The second kappa shape index (κ2) is 8.89. The van der Waals surface area contributed by atoms with E-state index in [1.165, 1.54) is 18.6 Å². The zero-order valence-electron chi connectivity index (χ0n) is 18.2. The summed E-state index contributed by atoms with van der Waals surface area (Å²) in [5.41, 5.74) is 6.95. The molecule has 4 aromatic rings. The Morgan fingerprint density at radius 2 is 1.62 bits per heavy atom. The van der Waals surface area contributed by atoms with E-state index in [-0.39, 0.29) is 11.8 Å².